The lowest BCUT2D eigenvalue weighted by atomic mass is 10.1. The molecule has 0 saturated carbocycles. The molecule has 144 valence electrons. The Balaban J connectivity index is 1.93. The van der Waals surface area contributed by atoms with E-state index in [-0.39, 0.29) is 11.7 Å². The Bertz CT molecular complexity index is 884. The van der Waals surface area contributed by atoms with Gasteiger partial charge in [-0.2, -0.15) is 10.2 Å². The maximum absolute atomic E-state index is 12.2. The van der Waals surface area contributed by atoms with Crippen LogP contribution >= 0.6 is 0 Å². The van der Waals surface area contributed by atoms with Crippen LogP contribution in [0.2, 0.25) is 0 Å². The van der Waals surface area contributed by atoms with Crippen LogP contribution < -0.4 is 5.32 Å². The molecule has 0 radical (unpaired) electrons. The lowest BCUT2D eigenvalue weighted by molar-refractivity contribution is 0.0948. The number of aromatic amines is 1. The van der Waals surface area contributed by atoms with Gasteiger partial charge in [0.15, 0.2) is 0 Å². The van der Waals surface area contributed by atoms with Crippen LogP contribution in [0.3, 0.4) is 0 Å². The zero-order valence-electron chi connectivity index (χ0n) is 15.8. The van der Waals surface area contributed by atoms with Gasteiger partial charge in [0.25, 0.3) is 5.91 Å². The van der Waals surface area contributed by atoms with Gasteiger partial charge in [-0.1, -0.05) is 0 Å². The van der Waals surface area contributed by atoms with Crippen molar-refractivity contribution in [2.24, 2.45) is 7.05 Å². The Morgan fingerprint density at radius 1 is 1.38 bits per heavy atom. The number of carbonyl (C=O) groups excluding carboxylic acids is 1. The summed E-state index contributed by atoms with van der Waals surface area (Å²) in [6, 6.07) is 1.69. The van der Waals surface area contributed by atoms with Gasteiger partial charge < -0.3 is 5.32 Å². The third kappa shape index (κ3) is 4.31. The normalized spacial score (nSPS) is 11.9. The number of carbonyl (C=O) groups is 1. The van der Waals surface area contributed by atoms with E-state index in [1.807, 2.05) is 20.9 Å². The van der Waals surface area contributed by atoms with Crippen LogP contribution in [0.5, 0.6) is 0 Å². The SMILES string of the molecule is CCS(=O)(=O)N(C)CCCNC(=O)c1cc(-c2c(C)nn(C)c2C)n[nH]1. The summed E-state index contributed by atoms with van der Waals surface area (Å²) in [5.41, 5.74) is 3.77. The lowest BCUT2D eigenvalue weighted by Crippen LogP contribution is -2.32. The quantitative estimate of drug-likeness (QED) is 0.657. The number of amides is 1. The predicted molar refractivity (Wildman–Crippen MR) is 99.3 cm³/mol. The molecule has 26 heavy (non-hydrogen) atoms. The van der Waals surface area contributed by atoms with Gasteiger partial charge in [-0.15, -0.1) is 0 Å². The van der Waals surface area contributed by atoms with Crippen LogP contribution in [0.25, 0.3) is 11.3 Å². The second-order valence-corrected chi connectivity index (χ2v) is 8.53. The number of hydrogen-bond donors (Lipinski definition) is 2. The summed E-state index contributed by atoms with van der Waals surface area (Å²) in [6.07, 6.45) is 0.531. The van der Waals surface area contributed by atoms with Crippen molar-refractivity contribution < 1.29 is 13.2 Å². The molecule has 0 aliphatic carbocycles. The highest BCUT2D eigenvalue weighted by molar-refractivity contribution is 7.89. The van der Waals surface area contributed by atoms with Gasteiger partial charge in [-0.3, -0.25) is 14.6 Å². The zero-order valence-corrected chi connectivity index (χ0v) is 16.6. The largest absolute Gasteiger partial charge is 0.351 e. The molecule has 2 aromatic heterocycles. The van der Waals surface area contributed by atoms with Crippen LogP contribution in [-0.2, 0) is 17.1 Å². The maximum atomic E-state index is 12.2. The molecular weight excluding hydrogens is 356 g/mol. The van der Waals surface area contributed by atoms with Gasteiger partial charge in [0.2, 0.25) is 10.0 Å². The minimum Gasteiger partial charge on any atom is -0.351 e. The number of hydrogen-bond acceptors (Lipinski definition) is 5. The third-order valence-electron chi connectivity index (χ3n) is 4.36. The molecule has 9 nitrogen and oxygen atoms in total. The molecule has 1 amide bonds. The number of aromatic nitrogens is 4. The number of sulfonamides is 1. The third-order valence-corrected chi connectivity index (χ3v) is 6.22. The molecule has 2 rings (SSSR count). The summed E-state index contributed by atoms with van der Waals surface area (Å²) in [6.45, 7) is 6.19. The molecule has 0 aliphatic rings. The highest BCUT2D eigenvalue weighted by atomic mass is 32.2. The smallest absolute Gasteiger partial charge is 0.269 e. The minimum atomic E-state index is -3.19. The standard InChI is InChI=1S/C16H26N6O3S/c1-6-26(24,25)21(4)9-7-8-17-16(23)14-10-13(18-19-14)15-11(2)20-22(5)12(15)3/h10H,6-9H2,1-5H3,(H,17,23)(H,18,19). The fraction of sp³-hybridized carbons (Fsp3) is 0.562. The van der Waals surface area contributed by atoms with Gasteiger partial charge in [0.05, 0.1) is 17.1 Å². The number of aryl methyl sites for hydroxylation is 2. The Labute approximate surface area is 153 Å². The average Bonchev–Trinajstić information content (AvgIpc) is 3.16. The Kier molecular flexibility index (Phi) is 6.19. The molecule has 0 saturated heterocycles. The fourth-order valence-electron chi connectivity index (χ4n) is 2.67. The van der Waals surface area contributed by atoms with Crippen molar-refractivity contribution in [3.8, 4) is 11.3 Å². The van der Waals surface area contributed by atoms with E-state index in [0.29, 0.717) is 30.9 Å². The molecule has 0 unspecified atom stereocenters. The van der Waals surface area contributed by atoms with Crippen LogP contribution in [0.15, 0.2) is 6.07 Å². The molecular formula is C16H26N6O3S. The fourth-order valence-corrected chi connectivity index (χ4v) is 3.52. The molecule has 2 N–H and O–H groups in total. The van der Waals surface area contributed by atoms with Crippen molar-refractivity contribution >= 4 is 15.9 Å². The first-order valence-corrected chi connectivity index (χ1v) is 10.1. The first-order valence-electron chi connectivity index (χ1n) is 8.45. The first-order chi connectivity index (χ1) is 12.2. The highest BCUT2D eigenvalue weighted by Gasteiger charge is 2.17. The first kappa shape index (κ1) is 20.1. The van der Waals surface area contributed by atoms with Crippen molar-refractivity contribution in [1.29, 1.82) is 0 Å². The highest BCUT2D eigenvalue weighted by Crippen LogP contribution is 2.25. The van der Waals surface area contributed by atoms with Crippen LogP contribution in [-0.4, -0.2) is 64.5 Å². The topological polar surface area (TPSA) is 113 Å². The van der Waals surface area contributed by atoms with E-state index < -0.39 is 10.0 Å². The molecule has 0 aliphatic heterocycles. The van der Waals surface area contributed by atoms with E-state index in [4.69, 9.17) is 0 Å². The van der Waals surface area contributed by atoms with E-state index in [2.05, 4.69) is 20.6 Å². The summed E-state index contributed by atoms with van der Waals surface area (Å²) in [5.74, 6) is -0.205. The maximum Gasteiger partial charge on any atom is 0.269 e. The minimum absolute atomic E-state index is 0.0694. The van der Waals surface area contributed by atoms with Crippen molar-refractivity contribution in [2.45, 2.75) is 27.2 Å². The van der Waals surface area contributed by atoms with E-state index in [1.54, 1.807) is 24.7 Å². The van der Waals surface area contributed by atoms with Crippen LogP contribution in [0.1, 0.15) is 35.2 Å². The summed E-state index contributed by atoms with van der Waals surface area (Å²) < 4.78 is 26.4. The van der Waals surface area contributed by atoms with Gasteiger partial charge >= 0.3 is 0 Å². The average molecular weight is 382 g/mol. The molecule has 2 heterocycles. The second kappa shape index (κ2) is 8.00. The molecule has 0 bridgehead atoms. The van der Waals surface area contributed by atoms with Crippen molar-refractivity contribution in [3.63, 3.8) is 0 Å². The number of rotatable bonds is 8. The molecule has 0 aromatic carbocycles. The van der Waals surface area contributed by atoms with E-state index in [9.17, 15) is 13.2 Å². The molecule has 0 spiro atoms. The molecule has 0 atom stereocenters. The zero-order chi connectivity index (χ0) is 19.5. The Hall–Kier alpha value is -2.20. The van der Waals surface area contributed by atoms with Gasteiger partial charge in [0, 0.05) is 38.4 Å². The van der Waals surface area contributed by atoms with E-state index >= 15 is 0 Å². The predicted octanol–water partition coefficient (Wildman–Crippen LogP) is 0.828. The summed E-state index contributed by atoms with van der Waals surface area (Å²) >= 11 is 0. The number of nitrogens with one attached hydrogen (secondary N) is 2. The molecule has 2 aromatic rings. The van der Waals surface area contributed by atoms with Gasteiger partial charge in [0.1, 0.15) is 5.69 Å². The molecule has 0 fully saturated rings. The number of H-pyrrole nitrogens is 1. The lowest BCUT2D eigenvalue weighted by Gasteiger charge is -2.15. The Morgan fingerprint density at radius 2 is 2.08 bits per heavy atom. The summed E-state index contributed by atoms with van der Waals surface area (Å²) in [5, 5.41) is 14.1. The van der Waals surface area contributed by atoms with Crippen molar-refractivity contribution in [1.82, 2.24) is 29.6 Å². The van der Waals surface area contributed by atoms with Crippen molar-refractivity contribution in [2.75, 3.05) is 25.9 Å². The summed E-state index contributed by atoms with van der Waals surface area (Å²) in [4.78, 5) is 12.2. The van der Waals surface area contributed by atoms with E-state index in [0.717, 1.165) is 17.0 Å². The van der Waals surface area contributed by atoms with Crippen LogP contribution in [0, 0.1) is 13.8 Å². The van der Waals surface area contributed by atoms with Crippen molar-refractivity contribution in [3.05, 3.63) is 23.1 Å². The Morgan fingerprint density at radius 3 is 2.65 bits per heavy atom. The van der Waals surface area contributed by atoms with Gasteiger partial charge in [-0.25, -0.2) is 12.7 Å². The van der Waals surface area contributed by atoms with Crippen LogP contribution in [0.4, 0.5) is 0 Å². The van der Waals surface area contributed by atoms with Gasteiger partial charge in [-0.05, 0) is 33.3 Å². The monoisotopic (exact) mass is 382 g/mol. The second-order valence-electron chi connectivity index (χ2n) is 6.17. The molecule has 10 heteroatoms. The van der Waals surface area contributed by atoms with E-state index in [1.165, 1.54) is 4.31 Å². The number of nitrogens with zero attached hydrogens (tertiary/aromatic N) is 4. The summed E-state index contributed by atoms with van der Waals surface area (Å²) in [7, 11) is 0.217.